The maximum atomic E-state index is 5.55. The van der Waals surface area contributed by atoms with E-state index in [0.29, 0.717) is 12.1 Å². The minimum atomic E-state index is 0. The fourth-order valence-corrected chi connectivity index (χ4v) is 3.57. The Balaban J connectivity index is 0.00000176. The van der Waals surface area contributed by atoms with Crippen molar-refractivity contribution in [3.05, 3.63) is 17.6 Å². The van der Waals surface area contributed by atoms with Gasteiger partial charge in [-0.05, 0) is 33.6 Å². The van der Waals surface area contributed by atoms with Gasteiger partial charge in [0, 0.05) is 43.5 Å². The highest BCUT2D eigenvalue weighted by molar-refractivity contribution is 5.85. The molecule has 2 saturated heterocycles. The zero-order valence-electron chi connectivity index (χ0n) is 13.8. The molecule has 1 aromatic heterocycles. The summed E-state index contributed by atoms with van der Waals surface area (Å²) >= 11 is 0. The Morgan fingerprint density at radius 1 is 1.14 bits per heavy atom. The van der Waals surface area contributed by atoms with Crippen molar-refractivity contribution in [1.29, 1.82) is 0 Å². The Hall–Kier alpha value is -0.910. The zero-order chi connectivity index (χ0) is 14.8. The van der Waals surface area contributed by atoms with E-state index in [-0.39, 0.29) is 12.4 Å². The lowest BCUT2D eigenvalue weighted by molar-refractivity contribution is -0.0265. The number of hydrogen-bond donors (Lipinski definition) is 0. The van der Waals surface area contributed by atoms with E-state index in [1.54, 1.807) is 0 Å². The first-order valence-corrected chi connectivity index (χ1v) is 8.04. The number of morpholine rings is 1. The maximum Gasteiger partial charge on any atom is 0.132 e. The second kappa shape index (κ2) is 7.57. The molecule has 0 amide bonds. The second-order valence-corrected chi connectivity index (χ2v) is 6.29. The highest BCUT2D eigenvalue weighted by atomic mass is 35.5. The molecule has 1 unspecified atom stereocenters. The number of anilines is 1. The van der Waals surface area contributed by atoms with Gasteiger partial charge in [-0.15, -0.1) is 12.4 Å². The molecule has 0 spiro atoms. The van der Waals surface area contributed by atoms with E-state index in [2.05, 4.69) is 32.8 Å². The van der Waals surface area contributed by atoms with Crippen LogP contribution in [0.5, 0.6) is 0 Å². The fourth-order valence-electron chi connectivity index (χ4n) is 3.57. The SMILES string of the molecule is Cc1cc(N2CCC(N3CCOCC3C)CC2)nc(C)n1.Cl. The van der Waals surface area contributed by atoms with E-state index in [1.165, 1.54) is 12.8 Å². The number of halogens is 1. The third-order valence-electron chi connectivity index (χ3n) is 4.63. The number of hydrogen-bond acceptors (Lipinski definition) is 5. The summed E-state index contributed by atoms with van der Waals surface area (Å²) in [5.41, 5.74) is 1.06. The van der Waals surface area contributed by atoms with Gasteiger partial charge in [-0.25, -0.2) is 9.97 Å². The number of ether oxygens (including phenoxy) is 1. The van der Waals surface area contributed by atoms with E-state index in [0.717, 1.165) is 50.2 Å². The van der Waals surface area contributed by atoms with Gasteiger partial charge in [-0.1, -0.05) is 0 Å². The molecule has 5 nitrogen and oxygen atoms in total. The van der Waals surface area contributed by atoms with Gasteiger partial charge in [-0.2, -0.15) is 0 Å². The van der Waals surface area contributed by atoms with Gasteiger partial charge in [0.1, 0.15) is 11.6 Å². The maximum absolute atomic E-state index is 5.55. The molecule has 1 atom stereocenters. The van der Waals surface area contributed by atoms with Crippen molar-refractivity contribution in [2.75, 3.05) is 37.7 Å². The fraction of sp³-hybridized carbons (Fsp3) is 0.750. The average Bonchev–Trinajstić information content (AvgIpc) is 2.47. The van der Waals surface area contributed by atoms with Crippen molar-refractivity contribution in [3.63, 3.8) is 0 Å². The van der Waals surface area contributed by atoms with Crippen LogP contribution in [0.3, 0.4) is 0 Å². The Labute approximate surface area is 139 Å². The van der Waals surface area contributed by atoms with Crippen molar-refractivity contribution in [2.24, 2.45) is 0 Å². The summed E-state index contributed by atoms with van der Waals surface area (Å²) in [6, 6.07) is 3.35. The molecule has 1 aromatic rings. The largest absolute Gasteiger partial charge is 0.379 e. The van der Waals surface area contributed by atoms with Crippen LogP contribution >= 0.6 is 12.4 Å². The summed E-state index contributed by atoms with van der Waals surface area (Å²) in [6.07, 6.45) is 2.43. The first-order chi connectivity index (χ1) is 10.1. The van der Waals surface area contributed by atoms with E-state index in [4.69, 9.17) is 4.74 Å². The third kappa shape index (κ3) is 3.89. The van der Waals surface area contributed by atoms with Crippen LogP contribution in [-0.2, 0) is 4.74 Å². The molecule has 2 fully saturated rings. The van der Waals surface area contributed by atoms with Gasteiger partial charge in [0.2, 0.25) is 0 Å². The van der Waals surface area contributed by atoms with Gasteiger partial charge in [0.05, 0.1) is 13.2 Å². The van der Waals surface area contributed by atoms with Crippen molar-refractivity contribution < 1.29 is 4.74 Å². The lowest BCUT2D eigenvalue weighted by atomic mass is 10.0. The monoisotopic (exact) mass is 326 g/mol. The van der Waals surface area contributed by atoms with Crippen LogP contribution < -0.4 is 4.90 Å². The first kappa shape index (κ1) is 17.4. The van der Waals surface area contributed by atoms with Crippen LogP contribution in [0.1, 0.15) is 31.3 Å². The number of nitrogens with zero attached hydrogens (tertiary/aromatic N) is 4. The molecule has 0 N–H and O–H groups in total. The van der Waals surface area contributed by atoms with Crippen LogP contribution in [0, 0.1) is 13.8 Å². The van der Waals surface area contributed by atoms with Gasteiger partial charge < -0.3 is 9.64 Å². The zero-order valence-corrected chi connectivity index (χ0v) is 14.6. The van der Waals surface area contributed by atoms with Gasteiger partial charge in [0.25, 0.3) is 0 Å². The third-order valence-corrected chi connectivity index (χ3v) is 4.63. The second-order valence-electron chi connectivity index (χ2n) is 6.29. The molecule has 0 radical (unpaired) electrons. The average molecular weight is 327 g/mol. The van der Waals surface area contributed by atoms with E-state index in [1.807, 2.05) is 13.8 Å². The first-order valence-electron chi connectivity index (χ1n) is 8.04. The van der Waals surface area contributed by atoms with Gasteiger partial charge in [-0.3, -0.25) is 4.90 Å². The standard InChI is InChI=1S/C16H26N4O.ClH/c1-12-10-16(18-14(3)17-12)19-6-4-15(5-7-19)20-8-9-21-11-13(20)2;/h10,13,15H,4-9,11H2,1-3H3;1H. The van der Waals surface area contributed by atoms with Crippen molar-refractivity contribution in [1.82, 2.24) is 14.9 Å². The van der Waals surface area contributed by atoms with Crippen LogP contribution in [0.25, 0.3) is 0 Å². The molecule has 3 rings (SSSR count). The number of rotatable bonds is 2. The highest BCUT2D eigenvalue weighted by Crippen LogP contribution is 2.24. The van der Waals surface area contributed by atoms with Crippen LogP contribution in [0.2, 0.25) is 0 Å². The molecule has 2 aliphatic heterocycles. The highest BCUT2D eigenvalue weighted by Gasteiger charge is 2.30. The minimum absolute atomic E-state index is 0. The molecule has 0 aromatic carbocycles. The van der Waals surface area contributed by atoms with Crippen LogP contribution in [0.4, 0.5) is 5.82 Å². The molecule has 3 heterocycles. The molecule has 0 aliphatic carbocycles. The van der Waals surface area contributed by atoms with E-state index >= 15 is 0 Å². The molecule has 0 saturated carbocycles. The molecule has 124 valence electrons. The van der Waals surface area contributed by atoms with Crippen LogP contribution in [-0.4, -0.2) is 59.8 Å². The number of aryl methyl sites for hydroxylation is 2. The molecular formula is C16H27ClN4O. The molecule has 6 heteroatoms. The number of aromatic nitrogens is 2. The van der Waals surface area contributed by atoms with Crippen molar-refractivity contribution in [3.8, 4) is 0 Å². The molecule has 2 aliphatic rings. The summed E-state index contributed by atoms with van der Waals surface area (Å²) in [4.78, 5) is 14.0. The Bertz CT molecular complexity index is 471. The van der Waals surface area contributed by atoms with E-state index < -0.39 is 0 Å². The smallest absolute Gasteiger partial charge is 0.132 e. The molecule has 0 bridgehead atoms. The normalized spacial score (nSPS) is 24.1. The molecular weight excluding hydrogens is 300 g/mol. The van der Waals surface area contributed by atoms with Gasteiger partial charge >= 0.3 is 0 Å². The lowest BCUT2D eigenvalue weighted by Crippen LogP contribution is -2.53. The Morgan fingerprint density at radius 3 is 2.50 bits per heavy atom. The summed E-state index contributed by atoms with van der Waals surface area (Å²) < 4.78 is 5.55. The Kier molecular flexibility index (Phi) is 6.01. The van der Waals surface area contributed by atoms with Gasteiger partial charge in [0.15, 0.2) is 0 Å². The summed E-state index contributed by atoms with van der Waals surface area (Å²) in [6.45, 7) is 11.3. The van der Waals surface area contributed by atoms with Crippen LogP contribution in [0.15, 0.2) is 6.07 Å². The topological polar surface area (TPSA) is 41.5 Å². The quantitative estimate of drug-likeness (QED) is 0.833. The summed E-state index contributed by atoms with van der Waals surface area (Å²) in [7, 11) is 0. The predicted molar refractivity (Wildman–Crippen MR) is 91.0 cm³/mol. The van der Waals surface area contributed by atoms with Crippen molar-refractivity contribution in [2.45, 2.75) is 45.7 Å². The van der Waals surface area contributed by atoms with E-state index in [9.17, 15) is 0 Å². The van der Waals surface area contributed by atoms with Crippen molar-refractivity contribution >= 4 is 18.2 Å². The predicted octanol–water partition coefficient (Wildman–Crippen LogP) is 2.20. The Morgan fingerprint density at radius 2 is 1.86 bits per heavy atom. The summed E-state index contributed by atoms with van der Waals surface area (Å²) in [5, 5.41) is 0. The molecule has 22 heavy (non-hydrogen) atoms. The summed E-state index contributed by atoms with van der Waals surface area (Å²) in [5.74, 6) is 1.96. The minimum Gasteiger partial charge on any atom is -0.379 e. The number of piperidine rings is 1. The lowest BCUT2D eigenvalue weighted by Gasteiger charge is -2.43.